The summed E-state index contributed by atoms with van der Waals surface area (Å²) in [5.41, 5.74) is 1.54. The van der Waals surface area contributed by atoms with Gasteiger partial charge in [-0.25, -0.2) is 4.79 Å². The maximum absolute atomic E-state index is 12.2. The predicted molar refractivity (Wildman–Crippen MR) is 86.4 cm³/mol. The number of hydrogen-bond acceptors (Lipinski definition) is 5. The number of fused-ring (bicyclic) bond motifs is 1. The molecule has 0 unspecified atom stereocenters. The highest BCUT2D eigenvalue weighted by molar-refractivity contribution is 5.88. The van der Waals surface area contributed by atoms with Crippen molar-refractivity contribution in [2.45, 2.75) is 0 Å². The van der Waals surface area contributed by atoms with E-state index in [1.807, 2.05) is 0 Å². The molecule has 0 spiro atoms. The van der Waals surface area contributed by atoms with Crippen LogP contribution in [0.15, 0.2) is 51.7 Å². The van der Waals surface area contributed by atoms with Crippen molar-refractivity contribution in [1.29, 1.82) is 0 Å². The molecule has 0 fully saturated rings. The van der Waals surface area contributed by atoms with E-state index in [9.17, 15) is 9.59 Å². The molecule has 5 heteroatoms. The monoisotopic (exact) mass is 310 g/mol. The minimum atomic E-state index is -0.455. The van der Waals surface area contributed by atoms with Crippen LogP contribution < -0.4 is 15.1 Å². The lowest BCUT2D eigenvalue weighted by molar-refractivity contribution is 0.112. The molecule has 0 saturated carbocycles. The molecule has 0 aliphatic carbocycles. The second-order valence-electron chi connectivity index (χ2n) is 4.93. The third-order valence-corrected chi connectivity index (χ3v) is 3.59. The number of carbonyl (C=O) groups is 1. The van der Waals surface area contributed by atoms with E-state index in [0.717, 1.165) is 6.29 Å². The van der Waals surface area contributed by atoms with Gasteiger partial charge >= 0.3 is 5.63 Å². The van der Waals surface area contributed by atoms with Crippen LogP contribution in [0.3, 0.4) is 0 Å². The van der Waals surface area contributed by atoms with Gasteiger partial charge in [-0.2, -0.15) is 0 Å². The van der Waals surface area contributed by atoms with Gasteiger partial charge in [-0.1, -0.05) is 6.07 Å². The van der Waals surface area contributed by atoms with Crippen molar-refractivity contribution < 1.29 is 18.7 Å². The predicted octanol–water partition coefficient (Wildman–Crippen LogP) is 3.29. The number of rotatable bonds is 4. The summed E-state index contributed by atoms with van der Waals surface area (Å²) in [5, 5.41) is 0.680. The van der Waals surface area contributed by atoms with Crippen LogP contribution >= 0.6 is 0 Å². The number of benzene rings is 2. The van der Waals surface area contributed by atoms with E-state index < -0.39 is 5.63 Å². The molecule has 3 aromatic rings. The molecule has 0 amide bonds. The minimum Gasteiger partial charge on any atom is -0.493 e. The lowest BCUT2D eigenvalue weighted by atomic mass is 10.0. The molecule has 0 atom stereocenters. The van der Waals surface area contributed by atoms with Gasteiger partial charge in [0.25, 0.3) is 0 Å². The second kappa shape index (κ2) is 5.96. The summed E-state index contributed by atoms with van der Waals surface area (Å²) >= 11 is 0. The zero-order valence-electron chi connectivity index (χ0n) is 12.7. The van der Waals surface area contributed by atoms with Gasteiger partial charge < -0.3 is 13.9 Å². The summed E-state index contributed by atoms with van der Waals surface area (Å²) in [4.78, 5) is 23.1. The number of aldehydes is 1. The normalized spacial score (nSPS) is 10.5. The molecule has 3 rings (SSSR count). The molecule has 0 aliphatic heterocycles. The van der Waals surface area contributed by atoms with Crippen LogP contribution in [0.5, 0.6) is 11.5 Å². The van der Waals surface area contributed by atoms with Crippen molar-refractivity contribution in [3.8, 4) is 22.6 Å². The molecule has 5 nitrogen and oxygen atoms in total. The molecule has 116 valence electrons. The van der Waals surface area contributed by atoms with Crippen molar-refractivity contribution >= 4 is 17.3 Å². The standard InChI is InChI=1S/C18H14O5/c1-21-16-6-4-12(9-17(16)22-2)14-8-13-7-11(10-19)3-5-15(13)23-18(14)20/h3-10H,1-2H3. The molecule has 0 bridgehead atoms. The highest BCUT2D eigenvalue weighted by Gasteiger charge is 2.11. The fourth-order valence-electron chi connectivity index (χ4n) is 2.42. The molecule has 23 heavy (non-hydrogen) atoms. The van der Waals surface area contributed by atoms with Gasteiger partial charge in [-0.3, -0.25) is 4.79 Å². The highest BCUT2D eigenvalue weighted by Crippen LogP contribution is 2.32. The smallest absolute Gasteiger partial charge is 0.344 e. The molecule has 0 N–H and O–H groups in total. The lowest BCUT2D eigenvalue weighted by Gasteiger charge is -2.09. The van der Waals surface area contributed by atoms with Gasteiger partial charge in [0.05, 0.1) is 19.8 Å². The first-order valence-corrected chi connectivity index (χ1v) is 6.91. The van der Waals surface area contributed by atoms with Gasteiger partial charge in [0.2, 0.25) is 0 Å². The van der Waals surface area contributed by atoms with E-state index in [0.29, 0.717) is 39.2 Å². The van der Waals surface area contributed by atoms with E-state index in [-0.39, 0.29) is 0 Å². The number of ether oxygens (including phenoxy) is 2. The molecule has 0 aliphatic rings. The SMILES string of the molecule is COc1ccc(-c2cc3cc(C=O)ccc3oc2=O)cc1OC. The quantitative estimate of drug-likeness (QED) is 0.546. The molecule has 1 heterocycles. The largest absolute Gasteiger partial charge is 0.493 e. The van der Waals surface area contributed by atoms with Crippen molar-refractivity contribution in [3.63, 3.8) is 0 Å². The summed E-state index contributed by atoms with van der Waals surface area (Å²) in [6.45, 7) is 0. The Morgan fingerprint density at radius 1 is 0.957 bits per heavy atom. The number of hydrogen-bond donors (Lipinski definition) is 0. The van der Waals surface area contributed by atoms with Crippen molar-refractivity contribution in [3.05, 3.63) is 58.4 Å². The zero-order chi connectivity index (χ0) is 16.4. The zero-order valence-corrected chi connectivity index (χ0v) is 12.7. The van der Waals surface area contributed by atoms with Crippen molar-refractivity contribution in [1.82, 2.24) is 0 Å². The Hall–Kier alpha value is -3.08. The third-order valence-electron chi connectivity index (χ3n) is 3.59. The molecular weight excluding hydrogens is 296 g/mol. The Balaban J connectivity index is 2.20. The number of carbonyl (C=O) groups excluding carboxylic acids is 1. The van der Waals surface area contributed by atoms with Crippen LogP contribution in [-0.2, 0) is 0 Å². The van der Waals surface area contributed by atoms with Crippen LogP contribution in [0.25, 0.3) is 22.1 Å². The summed E-state index contributed by atoms with van der Waals surface area (Å²) in [6, 6.07) is 11.8. The molecule has 0 radical (unpaired) electrons. The van der Waals surface area contributed by atoms with Crippen LogP contribution in [0.2, 0.25) is 0 Å². The van der Waals surface area contributed by atoms with E-state index in [2.05, 4.69) is 0 Å². The Bertz CT molecular complexity index is 940. The Morgan fingerprint density at radius 2 is 1.74 bits per heavy atom. The van der Waals surface area contributed by atoms with Crippen molar-refractivity contribution in [2.24, 2.45) is 0 Å². The van der Waals surface area contributed by atoms with Crippen LogP contribution in [0.1, 0.15) is 10.4 Å². The van der Waals surface area contributed by atoms with E-state index in [1.54, 1.807) is 49.6 Å². The van der Waals surface area contributed by atoms with Crippen LogP contribution in [0.4, 0.5) is 0 Å². The molecule has 2 aromatic carbocycles. The Morgan fingerprint density at radius 3 is 2.43 bits per heavy atom. The van der Waals surface area contributed by atoms with Crippen molar-refractivity contribution in [2.75, 3.05) is 14.2 Å². The van der Waals surface area contributed by atoms with Gasteiger partial charge in [0.15, 0.2) is 11.5 Å². The topological polar surface area (TPSA) is 65.7 Å². The summed E-state index contributed by atoms with van der Waals surface area (Å²) in [5.74, 6) is 1.09. The highest BCUT2D eigenvalue weighted by atomic mass is 16.5. The summed E-state index contributed by atoms with van der Waals surface area (Å²) in [6.07, 6.45) is 0.751. The first kappa shape index (κ1) is 14.8. The van der Waals surface area contributed by atoms with Gasteiger partial charge in [0.1, 0.15) is 11.9 Å². The Labute approximate surface area is 132 Å². The maximum Gasteiger partial charge on any atom is 0.344 e. The Kier molecular flexibility index (Phi) is 3.85. The van der Waals surface area contributed by atoms with E-state index >= 15 is 0 Å². The summed E-state index contributed by atoms with van der Waals surface area (Å²) < 4.78 is 15.8. The minimum absolute atomic E-state index is 0.390. The van der Waals surface area contributed by atoms with Gasteiger partial charge in [-0.15, -0.1) is 0 Å². The average molecular weight is 310 g/mol. The fraction of sp³-hybridized carbons (Fsp3) is 0.111. The van der Waals surface area contributed by atoms with Gasteiger partial charge in [-0.05, 0) is 42.0 Å². The first-order valence-electron chi connectivity index (χ1n) is 6.91. The fourth-order valence-corrected chi connectivity index (χ4v) is 2.42. The van der Waals surface area contributed by atoms with E-state index in [1.165, 1.54) is 7.11 Å². The lowest BCUT2D eigenvalue weighted by Crippen LogP contribution is -2.03. The van der Waals surface area contributed by atoms with Gasteiger partial charge in [0, 0.05) is 10.9 Å². The maximum atomic E-state index is 12.2. The molecular formula is C18H14O5. The van der Waals surface area contributed by atoms with E-state index in [4.69, 9.17) is 13.9 Å². The third kappa shape index (κ3) is 2.68. The molecule has 0 saturated heterocycles. The first-order chi connectivity index (χ1) is 11.2. The van der Waals surface area contributed by atoms with Crippen LogP contribution in [0, 0.1) is 0 Å². The van der Waals surface area contributed by atoms with Crippen LogP contribution in [-0.4, -0.2) is 20.5 Å². The number of methoxy groups -OCH3 is 2. The average Bonchev–Trinajstić information content (AvgIpc) is 2.60. The summed E-state index contributed by atoms with van der Waals surface area (Å²) in [7, 11) is 3.07. The molecule has 1 aromatic heterocycles. The second-order valence-corrected chi connectivity index (χ2v) is 4.93.